The average molecular weight is 274 g/mol. The van der Waals surface area contributed by atoms with E-state index in [2.05, 4.69) is 4.98 Å². The summed E-state index contributed by atoms with van der Waals surface area (Å²) < 4.78 is 5.54. The second-order valence-corrected chi connectivity index (χ2v) is 4.41. The standard InChI is InChI=1S/C14H14N2O4/c1-9-3-5-12(16(18)19)7-13(9)20-14-6-4-11(8-15-14)10(2)17/h3-8,10,17H,1-2H3/t10-/m1/s1. The van der Waals surface area contributed by atoms with Crippen LogP contribution in [0.25, 0.3) is 0 Å². The van der Waals surface area contributed by atoms with Gasteiger partial charge in [0.2, 0.25) is 5.88 Å². The summed E-state index contributed by atoms with van der Waals surface area (Å²) in [6, 6.07) is 7.71. The number of aryl methyl sites for hydroxylation is 1. The molecule has 0 aliphatic rings. The summed E-state index contributed by atoms with van der Waals surface area (Å²) in [4.78, 5) is 14.3. The van der Waals surface area contributed by atoms with E-state index in [0.717, 1.165) is 5.56 Å². The van der Waals surface area contributed by atoms with Crippen molar-refractivity contribution in [3.8, 4) is 11.6 Å². The molecule has 1 aromatic carbocycles. The summed E-state index contributed by atoms with van der Waals surface area (Å²) >= 11 is 0. The molecule has 0 unspecified atom stereocenters. The number of rotatable bonds is 4. The van der Waals surface area contributed by atoms with Crippen molar-refractivity contribution in [3.63, 3.8) is 0 Å². The number of nitrogens with zero attached hydrogens (tertiary/aromatic N) is 2. The summed E-state index contributed by atoms with van der Waals surface area (Å²) in [7, 11) is 0. The Labute approximate surface area is 115 Å². The quantitative estimate of drug-likeness (QED) is 0.683. The minimum absolute atomic E-state index is 0.0359. The zero-order valence-corrected chi connectivity index (χ0v) is 11.1. The lowest BCUT2D eigenvalue weighted by Crippen LogP contribution is -1.95. The van der Waals surface area contributed by atoms with Crippen LogP contribution in [0, 0.1) is 17.0 Å². The third kappa shape index (κ3) is 3.10. The van der Waals surface area contributed by atoms with Crippen molar-refractivity contribution in [1.29, 1.82) is 0 Å². The van der Waals surface area contributed by atoms with E-state index in [-0.39, 0.29) is 5.69 Å². The van der Waals surface area contributed by atoms with Crippen molar-refractivity contribution in [2.24, 2.45) is 0 Å². The van der Waals surface area contributed by atoms with E-state index in [4.69, 9.17) is 4.74 Å². The lowest BCUT2D eigenvalue weighted by Gasteiger charge is -2.09. The first kappa shape index (κ1) is 14.0. The van der Waals surface area contributed by atoms with Gasteiger partial charge in [0.05, 0.1) is 17.1 Å². The first-order valence-corrected chi connectivity index (χ1v) is 6.04. The van der Waals surface area contributed by atoms with Crippen molar-refractivity contribution in [1.82, 2.24) is 4.98 Å². The fourth-order valence-corrected chi connectivity index (χ4v) is 1.62. The highest BCUT2D eigenvalue weighted by molar-refractivity contribution is 5.45. The number of aliphatic hydroxyl groups excluding tert-OH is 1. The highest BCUT2D eigenvalue weighted by Gasteiger charge is 2.11. The first-order valence-electron chi connectivity index (χ1n) is 6.04. The molecule has 2 rings (SSSR count). The molecule has 1 aromatic heterocycles. The number of nitro benzene ring substituents is 1. The second-order valence-electron chi connectivity index (χ2n) is 4.41. The molecule has 6 heteroatoms. The van der Waals surface area contributed by atoms with Crippen LogP contribution in [0.4, 0.5) is 5.69 Å². The smallest absolute Gasteiger partial charge is 0.273 e. The normalized spacial score (nSPS) is 11.9. The maximum atomic E-state index is 10.7. The molecule has 0 fully saturated rings. The zero-order valence-electron chi connectivity index (χ0n) is 11.1. The topological polar surface area (TPSA) is 85.5 Å². The van der Waals surface area contributed by atoms with E-state index in [1.165, 1.54) is 18.3 Å². The number of aromatic nitrogens is 1. The van der Waals surface area contributed by atoms with Crippen LogP contribution < -0.4 is 4.74 Å². The molecule has 1 N–H and O–H groups in total. The van der Waals surface area contributed by atoms with Gasteiger partial charge in [-0.15, -0.1) is 0 Å². The molecule has 0 aliphatic carbocycles. The van der Waals surface area contributed by atoms with Crippen LogP contribution in [-0.2, 0) is 0 Å². The average Bonchev–Trinajstić information content (AvgIpc) is 2.41. The molecule has 1 heterocycles. The molecule has 0 amide bonds. The molecular weight excluding hydrogens is 260 g/mol. The summed E-state index contributed by atoms with van der Waals surface area (Å²) in [5, 5.41) is 20.1. The predicted molar refractivity (Wildman–Crippen MR) is 72.8 cm³/mol. The van der Waals surface area contributed by atoms with E-state index in [1.807, 2.05) is 0 Å². The number of non-ortho nitro benzene ring substituents is 1. The molecule has 6 nitrogen and oxygen atoms in total. The van der Waals surface area contributed by atoms with Gasteiger partial charge >= 0.3 is 0 Å². The number of aliphatic hydroxyl groups is 1. The maximum Gasteiger partial charge on any atom is 0.273 e. The summed E-state index contributed by atoms with van der Waals surface area (Å²) in [5.74, 6) is 0.703. The minimum atomic E-state index is -0.601. The van der Waals surface area contributed by atoms with Crippen LogP contribution in [0.1, 0.15) is 24.2 Å². The molecule has 2 aromatic rings. The van der Waals surface area contributed by atoms with Gasteiger partial charge in [-0.05, 0) is 37.1 Å². The first-order chi connectivity index (χ1) is 9.47. The van der Waals surface area contributed by atoms with E-state index in [0.29, 0.717) is 17.2 Å². The van der Waals surface area contributed by atoms with E-state index >= 15 is 0 Å². The Bertz CT molecular complexity index is 624. The summed E-state index contributed by atoms with van der Waals surface area (Å²) in [6.45, 7) is 3.44. The predicted octanol–water partition coefficient (Wildman–Crippen LogP) is 3.14. The molecule has 0 bridgehead atoms. The third-order valence-corrected chi connectivity index (χ3v) is 2.84. The van der Waals surface area contributed by atoms with Crippen LogP contribution >= 0.6 is 0 Å². The lowest BCUT2D eigenvalue weighted by molar-refractivity contribution is -0.384. The Kier molecular flexibility index (Phi) is 3.95. The zero-order chi connectivity index (χ0) is 14.7. The van der Waals surface area contributed by atoms with E-state index < -0.39 is 11.0 Å². The van der Waals surface area contributed by atoms with Crippen LogP contribution in [-0.4, -0.2) is 15.0 Å². The van der Waals surface area contributed by atoms with Crippen LogP contribution in [0.3, 0.4) is 0 Å². The molecule has 0 saturated heterocycles. The van der Waals surface area contributed by atoms with Gasteiger partial charge in [0.1, 0.15) is 5.75 Å². The highest BCUT2D eigenvalue weighted by Crippen LogP contribution is 2.28. The molecule has 0 aliphatic heterocycles. The van der Waals surface area contributed by atoms with Crippen LogP contribution in [0.2, 0.25) is 0 Å². The van der Waals surface area contributed by atoms with Gasteiger partial charge in [0, 0.05) is 18.3 Å². The van der Waals surface area contributed by atoms with Gasteiger partial charge in [-0.25, -0.2) is 4.98 Å². The SMILES string of the molecule is Cc1ccc([N+](=O)[O-])cc1Oc1ccc([C@@H](C)O)cn1. The minimum Gasteiger partial charge on any atom is -0.439 e. The Morgan fingerprint density at radius 3 is 2.65 bits per heavy atom. The molecule has 0 radical (unpaired) electrons. The highest BCUT2D eigenvalue weighted by atomic mass is 16.6. The van der Waals surface area contributed by atoms with Crippen molar-refractivity contribution >= 4 is 5.69 Å². The Hall–Kier alpha value is -2.47. The van der Waals surface area contributed by atoms with E-state index in [1.54, 1.807) is 32.0 Å². The van der Waals surface area contributed by atoms with Crippen molar-refractivity contribution in [2.45, 2.75) is 20.0 Å². The Morgan fingerprint density at radius 2 is 2.10 bits per heavy atom. The molecule has 104 valence electrons. The third-order valence-electron chi connectivity index (χ3n) is 2.84. The second kappa shape index (κ2) is 5.66. The monoisotopic (exact) mass is 274 g/mol. The molecule has 0 saturated carbocycles. The molecule has 0 spiro atoms. The fourth-order valence-electron chi connectivity index (χ4n) is 1.62. The van der Waals surface area contributed by atoms with E-state index in [9.17, 15) is 15.2 Å². The number of benzene rings is 1. The molecule has 1 atom stereocenters. The number of hydrogen-bond donors (Lipinski definition) is 1. The Morgan fingerprint density at radius 1 is 1.35 bits per heavy atom. The number of ether oxygens (including phenoxy) is 1. The van der Waals surface area contributed by atoms with Gasteiger partial charge in [-0.3, -0.25) is 10.1 Å². The largest absolute Gasteiger partial charge is 0.439 e. The van der Waals surface area contributed by atoms with Gasteiger partial charge in [-0.2, -0.15) is 0 Å². The van der Waals surface area contributed by atoms with Crippen molar-refractivity contribution < 1.29 is 14.8 Å². The van der Waals surface area contributed by atoms with Crippen molar-refractivity contribution in [3.05, 3.63) is 57.8 Å². The van der Waals surface area contributed by atoms with Crippen LogP contribution in [0.5, 0.6) is 11.6 Å². The molecule has 20 heavy (non-hydrogen) atoms. The lowest BCUT2D eigenvalue weighted by atomic mass is 10.2. The number of nitro groups is 1. The van der Waals surface area contributed by atoms with Gasteiger partial charge in [0.15, 0.2) is 0 Å². The van der Waals surface area contributed by atoms with Crippen LogP contribution in [0.15, 0.2) is 36.5 Å². The van der Waals surface area contributed by atoms with Gasteiger partial charge in [-0.1, -0.05) is 0 Å². The Balaban J connectivity index is 2.25. The summed E-state index contributed by atoms with van der Waals surface area (Å²) in [6.07, 6.45) is 0.906. The number of hydrogen-bond acceptors (Lipinski definition) is 5. The summed E-state index contributed by atoms with van der Waals surface area (Å²) in [5.41, 5.74) is 1.41. The maximum absolute atomic E-state index is 10.7. The van der Waals surface area contributed by atoms with Crippen molar-refractivity contribution in [2.75, 3.05) is 0 Å². The van der Waals surface area contributed by atoms with Gasteiger partial charge < -0.3 is 9.84 Å². The van der Waals surface area contributed by atoms with Gasteiger partial charge in [0.25, 0.3) is 5.69 Å². The number of pyridine rings is 1. The molecular formula is C14H14N2O4. The fraction of sp³-hybridized carbons (Fsp3) is 0.214.